The molecule has 0 aromatic heterocycles. The maximum atomic E-state index is 12.4. The first kappa shape index (κ1) is 21.0. The maximum absolute atomic E-state index is 12.4. The fourth-order valence-electron chi connectivity index (χ4n) is 3.22. The molecule has 29 heavy (non-hydrogen) atoms. The SMILES string of the molecule is Cc1cccc(NC(=O)[C@H](C)OC(=O)C2=NN([C@H]3CCS(=O)(=O)C3)C(=O)CC2)c1. The number of nitrogens with one attached hydrogen (secondary N) is 1. The quantitative estimate of drug-likeness (QED) is 0.709. The van der Waals surface area contributed by atoms with E-state index in [1.165, 1.54) is 6.92 Å². The largest absolute Gasteiger partial charge is 0.448 e. The van der Waals surface area contributed by atoms with Crippen molar-refractivity contribution < 1.29 is 27.5 Å². The Morgan fingerprint density at radius 1 is 1.31 bits per heavy atom. The molecule has 1 fully saturated rings. The summed E-state index contributed by atoms with van der Waals surface area (Å²) in [4.78, 5) is 36.8. The van der Waals surface area contributed by atoms with Crippen LogP contribution >= 0.6 is 0 Å². The van der Waals surface area contributed by atoms with Gasteiger partial charge >= 0.3 is 5.97 Å². The number of carbonyl (C=O) groups is 3. The predicted molar refractivity (Wildman–Crippen MR) is 106 cm³/mol. The smallest absolute Gasteiger partial charge is 0.355 e. The van der Waals surface area contributed by atoms with Gasteiger partial charge in [0.1, 0.15) is 5.71 Å². The number of carbonyl (C=O) groups excluding carboxylic acids is 3. The highest BCUT2D eigenvalue weighted by molar-refractivity contribution is 7.91. The van der Waals surface area contributed by atoms with Crippen LogP contribution in [0.3, 0.4) is 0 Å². The second-order valence-electron chi connectivity index (χ2n) is 7.25. The number of rotatable bonds is 5. The Kier molecular flexibility index (Phi) is 6.02. The molecule has 2 aliphatic heterocycles. The molecule has 9 nitrogen and oxygen atoms in total. The molecule has 1 saturated heterocycles. The van der Waals surface area contributed by atoms with Crippen LogP contribution in [-0.2, 0) is 29.0 Å². The van der Waals surface area contributed by atoms with E-state index < -0.39 is 33.9 Å². The van der Waals surface area contributed by atoms with E-state index >= 15 is 0 Å². The molecule has 2 aliphatic rings. The zero-order valence-electron chi connectivity index (χ0n) is 16.3. The summed E-state index contributed by atoms with van der Waals surface area (Å²) in [6.07, 6.45) is -0.660. The molecule has 0 saturated carbocycles. The van der Waals surface area contributed by atoms with Crippen LogP contribution in [0.1, 0.15) is 31.7 Å². The summed E-state index contributed by atoms with van der Waals surface area (Å²) in [5.74, 6) is -1.79. The molecule has 0 bridgehead atoms. The Hall–Kier alpha value is -2.75. The fourth-order valence-corrected chi connectivity index (χ4v) is 4.91. The van der Waals surface area contributed by atoms with Crippen molar-refractivity contribution in [2.24, 2.45) is 5.10 Å². The normalized spacial score (nSPS) is 22.0. The Labute approximate surface area is 169 Å². The van der Waals surface area contributed by atoms with Gasteiger partial charge in [0, 0.05) is 18.5 Å². The van der Waals surface area contributed by atoms with Gasteiger partial charge in [-0.1, -0.05) is 12.1 Å². The lowest BCUT2D eigenvalue weighted by molar-refractivity contribution is -0.147. The highest BCUT2D eigenvalue weighted by atomic mass is 32.2. The summed E-state index contributed by atoms with van der Waals surface area (Å²) in [7, 11) is -3.20. The van der Waals surface area contributed by atoms with Crippen LogP contribution in [0.15, 0.2) is 29.4 Å². The highest BCUT2D eigenvalue weighted by Crippen LogP contribution is 2.22. The summed E-state index contributed by atoms with van der Waals surface area (Å²) in [6.45, 7) is 3.34. The predicted octanol–water partition coefficient (Wildman–Crippen LogP) is 1.03. The van der Waals surface area contributed by atoms with Crippen LogP contribution in [0.2, 0.25) is 0 Å². The summed E-state index contributed by atoms with van der Waals surface area (Å²) in [6, 6.07) is 6.63. The molecule has 0 aliphatic carbocycles. The second kappa shape index (κ2) is 8.32. The van der Waals surface area contributed by atoms with Crippen LogP contribution in [0.4, 0.5) is 5.69 Å². The molecule has 3 rings (SSSR count). The average molecular weight is 421 g/mol. The summed E-state index contributed by atoms with van der Waals surface area (Å²) < 4.78 is 28.6. The van der Waals surface area contributed by atoms with Crippen molar-refractivity contribution in [3.63, 3.8) is 0 Å². The van der Waals surface area contributed by atoms with Crippen molar-refractivity contribution in [3.8, 4) is 0 Å². The van der Waals surface area contributed by atoms with E-state index in [4.69, 9.17) is 4.74 Å². The molecule has 2 atom stereocenters. The Balaban J connectivity index is 1.63. The van der Waals surface area contributed by atoms with Crippen molar-refractivity contribution in [3.05, 3.63) is 29.8 Å². The molecule has 156 valence electrons. The minimum Gasteiger partial charge on any atom is -0.448 e. The molecule has 2 heterocycles. The number of hydrazone groups is 1. The molecule has 10 heteroatoms. The number of anilines is 1. The van der Waals surface area contributed by atoms with Gasteiger partial charge < -0.3 is 10.1 Å². The molecule has 2 amide bonds. The third-order valence-corrected chi connectivity index (χ3v) is 6.54. The molecular formula is C19H23N3O6S. The van der Waals surface area contributed by atoms with Gasteiger partial charge in [0.25, 0.3) is 5.91 Å². The number of nitrogens with zero attached hydrogens (tertiary/aromatic N) is 2. The first-order chi connectivity index (χ1) is 13.6. The fraction of sp³-hybridized carbons (Fsp3) is 0.474. The van der Waals surface area contributed by atoms with Crippen LogP contribution in [0, 0.1) is 6.92 Å². The number of hydrogen-bond donors (Lipinski definition) is 1. The highest BCUT2D eigenvalue weighted by Gasteiger charge is 2.37. The van der Waals surface area contributed by atoms with Crippen LogP contribution in [0.25, 0.3) is 0 Å². The topological polar surface area (TPSA) is 122 Å². The lowest BCUT2D eigenvalue weighted by atomic mass is 10.1. The lowest BCUT2D eigenvalue weighted by Crippen LogP contribution is -2.42. The number of esters is 1. The van der Waals surface area contributed by atoms with E-state index in [0.29, 0.717) is 5.69 Å². The van der Waals surface area contributed by atoms with E-state index in [-0.39, 0.29) is 42.4 Å². The molecule has 0 spiro atoms. The van der Waals surface area contributed by atoms with E-state index in [1.54, 1.807) is 18.2 Å². The third kappa shape index (κ3) is 5.20. The number of ether oxygens (including phenoxy) is 1. The first-order valence-corrected chi connectivity index (χ1v) is 11.2. The molecular weight excluding hydrogens is 398 g/mol. The monoisotopic (exact) mass is 421 g/mol. The van der Waals surface area contributed by atoms with Crippen LogP contribution < -0.4 is 5.32 Å². The second-order valence-corrected chi connectivity index (χ2v) is 9.48. The summed E-state index contributed by atoms with van der Waals surface area (Å²) in [5, 5.41) is 7.81. The third-order valence-electron chi connectivity index (χ3n) is 4.79. The summed E-state index contributed by atoms with van der Waals surface area (Å²) >= 11 is 0. The Bertz CT molecular complexity index is 972. The minimum atomic E-state index is -3.20. The van der Waals surface area contributed by atoms with Crippen molar-refractivity contribution in [1.82, 2.24) is 5.01 Å². The minimum absolute atomic E-state index is 0.00380. The van der Waals surface area contributed by atoms with E-state index in [9.17, 15) is 22.8 Å². The molecule has 1 aromatic rings. The number of sulfone groups is 1. The number of hydrogen-bond acceptors (Lipinski definition) is 7. The van der Waals surface area contributed by atoms with Gasteiger partial charge in [-0.15, -0.1) is 0 Å². The van der Waals surface area contributed by atoms with Gasteiger partial charge in [0.05, 0.1) is 17.5 Å². The molecule has 1 N–H and O–H groups in total. The van der Waals surface area contributed by atoms with Gasteiger partial charge in [-0.05, 0) is 38.0 Å². The van der Waals surface area contributed by atoms with Gasteiger partial charge in [-0.2, -0.15) is 5.10 Å². The summed E-state index contributed by atoms with van der Waals surface area (Å²) in [5.41, 5.74) is 1.57. The van der Waals surface area contributed by atoms with Crippen LogP contribution in [0.5, 0.6) is 0 Å². The van der Waals surface area contributed by atoms with E-state index in [2.05, 4.69) is 10.4 Å². The standard InChI is InChI=1S/C19H23N3O6S/c1-12-4-3-5-14(10-12)20-18(24)13(2)28-19(25)16-6-7-17(23)22(21-16)15-8-9-29(26,27)11-15/h3-5,10,13,15H,6-9,11H2,1-2H3,(H,20,24)/t13-,15-/m0/s1. The number of benzene rings is 1. The van der Waals surface area contributed by atoms with Gasteiger partial charge in [0.2, 0.25) is 5.91 Å². The Morgan fingerprint density at radius 2 is 2.07 bits per heavy atom. The van der Waals surface area contributed by atoms with Gasteiger partial charge in [-0.25, -0.2) is 18.2 Å². The number of aryl methyl sites for hydroxylation is 1. The van der Waals surface area contributed by atoms with E-state index in [0.717, 1.165) is 10.6 Å². The van der Waals surface area contributed by atoms with Crippen molar-refractivity contribution >= 4 is 39.0 Å². The van der Waals surface area contributed by atoms with Crippen LogP contribution in [-0.4, -0.2) is 60.6 Å². The van der Waals surface area contributed by atoms with Gasteiger partial charge in [0.15, 0.2) is 15.9 Å². The average Bonchev–Trinajstić information content (AvgIpc) is 3.01. The lowest BCUT2D eigenvalue weighted by Gasteiger charge is -2.27. The Morgan fingerprint density at radius 3 is 2.72 bits per heavy atom. The van der Waals surface area contributed by atoms with Crippen molar-refractivity contribution in [2.45, 2.75) is 45.3 Å². The zero-order chi connectivity index (χ0) is 21.2. The van der Waals surface area contributed by atoms with E-state index in [1.807, 2.05) is 13.0 Å². The van der Waals surface area contributed by atoms with Crippen molar-refractivity contribution in [2.75, 3.05) is 16.8 Å². The molecule has 0 radical (unpaired) electrons. The molecule has 1 aromatic carbocycles. The maximum Gasteiger partial charge on any atom is 0.355 e. The van der Waals surface area contributed by atoms with Gasteiger partial charge in [-0.3, -0.25) is 9.59 Å². The zero-order valence-corrected chi connectivity index (χ0v) is 17.1. The number of amides is 2. The van der Waals surface area contributed by atoms with Crippen molar-refractivity contribution in [1.29, 1.82) is 0 Å². The molecule has 0 unspecified atom stereocenters. The first-order valence-electron chi connectivity index (χ1n) is 9.33.